The van der Waals surface area contributed by atoms with Crippen molar-refractivity contribution in [2.75, 3.05) is 27.3 Å². The van der Waals surface area contributed by atoms with Gasteiger partial charge < -0.3 is 30.5 Å². The Bertz CT molecular complexity index is 1730. The van der Waals surface area contributed by atoms with Gasteiger partial charge in [0.15, 0.2) is 0 Å². The Morgan fingerprint density at radius 3 is 1.85 bits per heavy atom. The van der Waals surface area contributed by atoms with Crippen molar-refractivity contribution in [2.24, 2.45) is 0 Å². The smallest absolute Gasteiger partial charge is 0.304 e. The molecule has 10 nitrogen and oxygen atoms in total. The number of carboxylic acids is 1. The molecule has 12 heteroatoms. The van der Waals surface area contributed by atoms with E-state index >= 15 is 0 Å². The van der Waals surface area contributed by atoms with Crippen LogP contribution < -0.4 is 25.4 Å². The average Bonchev–Trinajstić information content (AvgIpc) is 3.48. The van der Waals surface area contributed by atoms with E-state index in [0.29, 0.717) is 71.4 Å². The van der Waals surface area contributed by atoms with Crippen LogP contribution >= 0.6 is 23.2 Å². The predicted molar refractivity (Wildman–Crippen MR) is 178 cm³/mol. The molecule has 5 rings (SSSR count). The van der Waals surface area contributed by atoms with Crippen LogP contribution in [0.3, 0.4) is 0 Å². The fourth-order valence-electron chi connectivity index (χ4n) is 5.37. The van der Waals surface area contributed by atoms with E-state index in [2.05, 4.69) is 20.9 Å². The van der Waals surface area contributed by atoms with E-state index in [1.54, 1.807) is 14.2 Å². The highest BCUT2D eigenvalue weighted by Gasteiger charge is 2.21. The summed E-state index contributed by atoms with van der Waals surface area (Å²) in [5.41, 5.74) is 5.87. The van der Waals surface area contributed by atoms with Crippen molar-refractivity contribution < 1.29 is 24.2 Å². The molecule has 240 valence electrons. The second-order valence-corrected chi connectivity index (χ2v) is 11.6. The molecule has 1 aliphatic rings. The van der Waals surface area contributed by atoms with Crippen LogP contribution in [0.25, 0.3) is 33.6 Å². The van der Waals surface area contributed by atoms with Gasteiger partial charge in [-0.25, -0.2) is 9.97 Å². The van der Waals surface area contributed by atoms with Crippen LogP contribution in [0.2, 0.25) is 10.0 Å². The molecule has 46 heavy (non-hydrogen) atoms. The zero-order chi connectivity index (χ0) is 32.6. The number of benzene rings is 2. The van der Waals surface area contributed by atoms with Gasteiger partial charge in [0.1, 0.15) is 0 Å². The molecule has 0 radical (unpaired) electrons. The highest BCUT2D eigenvalue weighted by Crippen LogP contribution is 2.42. The van der Waals surface area contributed by atoms with Crippen LogP contribution in [-0.2, 0) is 22.7 Å². The minimum Gasteiger partial charge on any atom is -0.481 e. The monoisotopic (exact) mass is 663 g/mol. The molecule has 0 saturated carbocycles. The number of carboxylic acid groups (broad SMARTS) is 1. The lowest BCUT2D eigenvalue weighted by Crippen LogP contribution is -2.35. The van der Waals surface area contributed by atoms with E-state index in [-0.39, 0.29) is 18.4 Å². The molecule has 4 aromatic rings. The summed E-state index contributed by atoms with van der Waals surface area (Å²) in [5, 5.41) is 19.3. The minimum atomic E-state index is -0.862. The maximum absolute atomic E-state index is 11.5. The number of carbonyl (C=O) groups excluding carboxylic acids is 1. The number of amides is 1. The molecule has 0 aliphatic carbocycles. The van der Waals surface area contributed by atoms with Gasteiger partial charge in [-0.2, -0.15) is 0 Å². The van der Waals surface area contributed by atoms with Crippen LogP contribution in [0.5, 0.6) is 11.8 Å². The van der Waals surface area contributed by atoms with E-state index in [0.717, 1.165) is 34.2 Å². The minimum absolute atomic E-state index is 0.0235. The molecule has 1 saturated heterocycles. The molecular formula is C34H35Cl2N5O5. The molecule has 2 aromatic carbocycles. The summed E-state index contributed by atoms with van der Waals surface area (Å²) in [5.74, 6) is 0.140. The number of nitrogens with one attached hydrogen (secondary N) is 3. The molecule has 1 fully saturated rings. The molecule has 4 N–H and O–H groups in total. The van der Waals surface area contributed by atoms with Gasteiger partial charge in [0.25, 0.3) is 0 Å². The largest absolute Gasteiger partial charge is 0.481 e. The number of carbonyl (C=O) groups is 2. The number of hydrogen-bond acceptors (Lipinski definition) is 8. The Morgan fingerprint density at radius 1 is 0.848 bits per heavy atom. The van der Waals surface area contributed by atoms with Crippen LogP contribution in [0.1, 0.15) is 30.4 Å². The van der Waals surface area contributed by atoms with Gasteiger partial charge >= 0.3 is 5.97 Å². The van der Waals surface area contributed by atoms with Gasteiger partial charge in [-0.1, -0.05) is 71.7 Å². The number of pyridine rings is 2. The van der Waals surface area contributed by atoms with Gasteiger partial charge in [-0.05, 0) is 18.6 Å². The van der Waals surface area contributed by atoms with E-state index in [1.807, 2.05) is 60.7 Å². The van der Waals surface area contributed by atoms with Crippen molar-refractivity contribution in [1.29, 1.82) is 0 Å². The fraction of sp³-hybridized carbons (Fsp3) is 0.294. The van der Waals surface area contributed by atoms with Crippen molar-refractivity contribution in [3.05, 3.63) is 81.8 Å². The number of ether oxygens (including phenoxy) is 2. The Labute approximate surface area is 277 Å². The number of rotatable bonds is 14. The van der Waals surface area contributed by atoms with Crippen molar-refractivity contribution in [2.45, 2.75) is 38.4 Å². The Morgan fingerprint density at radius 2 is 1.37 bits per heavy atom. The van der Waals surface area contributed by atoms with E-state index < -0.39 is 5.97 Å². The number of hydrogen-bond donors (Lipinski definition) is 4. The summed E-state index contributed by atoms with van der Waals surface area (Å²) < 4.78 is 11.2. The molecule has 1 amide bonds. The number of aliphatic carboxylic acids is 1. The third-order valence-electron chi connectivity index (χ3n) is 7.73. The summed E-state index contributed by atoms with van der Waals surface area (Å²) in [4.78, 5) is 31.7. The Balaban J connectivity index is 1.37. The first kappa shape index (κ1) is 33.2. The van der Waals surface area contributed by atoms with Crippen LogP contribution in [0.15, 0.2) is 60.7 Å². The summed E-state index contributed by atoms with van der Waals surface area (Å²) in [6.07, 6.45) is 1.42. The van der Waals surface area contributed by atoms with E-state index in [1.165, 1.54) is 0 Å². The van der Waals surface area contributed by atoms with E-state index in [9.17, 15) is 9.59 Å². The standard InChI is InChI=1S/C34H35Cl2N5O5/c1-45-33-20(17-37-16-15-30(43)44)9-12-27(40-33)25-7-3-5-23(31(25)35)24-6-4-8-26(32(24)36)28-13-10-21(34(41-28)46-2)18-38-19-22-11-14-29(42)39-22/h3-10,12-13,22,37-38H,11,14-19H2,1-2H3,(H,39,42)(H,43,44)/t22-/m0/s1. The van der Waals surface area contributed by atoms with Gasteiger partial charge in [0, 0.05) is 72.0 Å². The molecule has 0 bridgehead atoms. The predicted octanol–water partition coefficient (Wildman–Crippen LogP) is 5.73. The lowest BCUT2D eigenvalue weighted by Gasteiger charge is -2.16. The molecule has 0 spiro atoms. The lowest BCUT2D eigenvalue weighted by molar-refractivity contribution is -0.136. The van der Waals surface area contributed by atoms with E-state index in [4.69, 9.17) is 42.8 Å². The molecule has 1 aliphatic heterocycles. The van der Waals surface area contributed by atoms with Crippen molar-refractivity contribution in [1.82, 2.24) is 25.9 Å². The summed E-state index contributed by atoms with van der Waals surface area (Å²) in [6, 6.07) is 19.2. The SMILES string of the molecule is COc1nc(-c2cccc(-c3cccc(-c4ccc(CNC[C@@H]5CCC(=O)N5)c(OC)n4)c3Cl)c2Cl)ccc1CNCCC(=O)O. The number of halogens is 2. The maximum Gasteiger partial charge on any atom is 0.304 e. The first-order chi connectivity index (χ1) is 22.3. The second kappa shape index (κ2) is 15.4. The van der Waals surface area contributed by atoms with Gasteiger partial charge in [0.05, 0.1) is 42.1 Å². The number of aromatic nitrogens is 2. The first-order valence-corrected chi connectivity index (χ1v) is 15.6. The van der Waals surface area contributed by atoms with Gasteiger partial charge in [-0.3, -0.25) is 9.59 Å². The zero-order valence-corrected chi connectivity index (χ0v) is 27.0. The lowest BCUT2D eigenvalue weighted by atomic mass is 9.98. The number of methoxy groups -OCH3 is 2. The second-order valence-electron chi connectivity index (χ2n) is 10.8. The van der Waals surface area contributed by atoms with Crippen LogP contribution in [0.4, 0.5) is 0 Å². The third-order valence-corrected chi connectivity index (χ3v) is 8.54. The van der Waals surface area contributed by atoms with Crippen molar-refractivity contribution in [3.8, 4) is 45.4 Å². The van der Waals surface area contributed by atoms with Gasteiger partial charge in [0.2, 0.25) is 17.7 Å². The number of nitrogens with zero attached hydrogens (tertiary/aromatic N) is 2. The van der Waals surface area contributed by atoms with Gasteiger partial charge in [-0.15, -0.1) is 0 Å². The van der Waals surface area contributed by atoms with Crippen molar-refractivity contribution in [3.63, 3.8) is 0 Å². The maximum atomic E-state index is 11.5. The van der Waals surface area contributed by atoms with Crippen LogP contribution in [0, 0.1) is 0 Å². The van der Waals surface area contributed by atoms with Crippen molar-refractivity contribution >= 4 is 35.1 Å². The zero-order valence-electron chi connectivity index (χ0n) is 25.5. The normalized spacial score (nSPS) is 14.3. The highest BCUT2D eigenvalue weighted by molar-refractivity contribution is 6.39. The topological polar surface area (TPSA) is 135 Å². The first-order valence-electron chi connectivity index (χ1n) is 14.9. The molecule has 1 atom stereocenters. The fourth-order valence-corrected chi connectivity index (χ4v) is 6.02. The van der Waals surface area contributed by atoms with Crippen LogP contribution in [-0.4, -0.2) is 60.3 Å². The molecular weight excluding hydrogens is 629 g/mol. The Kier molecular flexibility index (Phi) is 11.1. The molecule has 2 aromatic heterocycles. The third kappa shape index (κ3) is 7.76. The average molecular weight is 665 g/mol. The molecule has 0 unspecified atom stereocenters. The summed E-state index contributed by atoms with van der Waals surface area (Å²) in [6.45, 7) is 1.96. The quantitative estimate of drug-likeness (QED) is 0.125. The molecule has 3 heterocycles. The summed E-state index contributed by atoms with van der Waals surface area (Å²) in [7, 11) is 3.13. The highest BCUT2D eigenvalue weighted by atomic mass is 35.5. The summed E-state index contributed by atoms with van der Waals surface area (Å²) >= 11 is 14.0. The Hall–Kier alpha value is -4.22.